The van der Waals surface area contributed by atoms with E-state index >= 15 is 0 Å². The van der Waals surface area contributed by atoms with Crippen LogP contribution in [0.4, 0.5) is 0 Å². The zero-order valence-electron chi connectivity index (χ0n) is 19.5. The SMILES string of the molecule is CC(C)(OC(=O)COc1ccc([S+](c2ccccc2)c2ccccc2)cc1)C1CCCCC1. The van der Waals surface area contributed by atoms with Crippen LogP contribution in [-0.2, 0) is 20.4 Å². The highest BCUT2D eigenvalue weighted by Gasteiger charge is 2.34. The molecule has 1 aliphatic rings. The molecule has 0 N–H and O–H groups in total. The molecule has 0 saturated heterocycles. The first-order valence-electron chi connectivity index (χ1n) is 11.8. The molecule has 4 heteroatoms. The van der Waals surface area contributed by atoms with E-state index in [1.54, 1.807) is 0 Å². The average molecular weight is 462 g/mol. The van der Waals surface area contributed by atoms with Crippen molar-refractivity contribution in [2.24, 2.45) is 5.92 Å². The first-order chi connectivity index (χ1) is 16.0. The van der Waals surface area contributed by atoms with Crippen LogP contribution in [0, 0.1) is 5.92 Å². The minimum Gasteiger partial charge on any atom is -0.482 e. The molecule has 3 aromatic carbocycles. The van der Waals surface area contributed by atoms with Crippen LogP contribution in [0.25, 0.3) is 0 Å². The number of benzene rings is 3. The van der Waals surface area contributed by atoms with Crippen LogP contribution >= 0.6 is 0 Å². The zero-order valence-corrected chi connectivity index (χ0v) is 20.4. The highest BCUT2D eigenvalue weighted by Crippen LogP contribution is 2.35. The Morgan fingerprint density at radius 3 is 1.85 bits per heavy atom. The Morgan fingerprint density at radius 2 is 1.30 bits per heavy atom. The average Bonchev–Trinajstić information content (AvgIpc) is 2.85. The summed E-state index contributed by atoms with van der Waals surface area (Å²) in [6.07, 6.45) is 6.00. The lowest BCUT2D eigenvalue weighted by molar-refractivity contribution is -0.165. The minimum atomic E-state index is -0.440. The second-order valence-electron chi connectivity index (χ2n) is 9.10. The molecule has 33 heavy (non-hydrogen) atoms. The fourth-order valence-electron chi connectivity index (χ4n) is 4.54. The number of esters is 1. The van der Waals surface area contributed by atoms with Gasteiger partial charge >= 0.3 is 5.97 Å². The van der Waals surface area contributed by atoms with E-state index in [-0.39, 0.29) is 23.5 Å². The number of rotatable bonds is 8. The van der Waals surface area contributed by atoms with Crippen molar-refractivity contribution in [3.63, 3.8) is 0 Å². The minimum absolute atomic E-state index is 0.0709. The zero-order chi connectivity index (χ0) is 23.1. The van der Waals surface area contributed by atoms with Gasteiger partial charge in [0.25, 0.3) is 0 Å². The number of hydrogen-bond acceptors (Lipinski definition) is 3. The first kappa shape index (κ1) is 23.4. The number of hydrogen-bond donors (Lipinski definition) is 0. The van der Waals surface area contributed by atoms with Crippen molar-refractivity contribution in [2.45, 2.75) is 66.2 Å². The fourth-order valence-corrected chi connectivity index (χ4v) is 6.62. The number of carbonyl (C=O) groups excluding carboxylic acids is 1. The van der Waals surface area contributed by atoms with E-state index in [0.29, 0.717) is 11.7 Å². The largest absolute Gasteiger partial charge is 0.482 e. The van der Waals surface area contributed by atoms with Crippen molar-refractivity contribution in [3.8, 4) is 5.75 Å². The van der Waals surface area contributed by atoms with Crippen molar-refractivity contribution in [3.05, 3.63) is 84.9 Å². The standard InChI is InChI=1S/C29H33O3S/c1-29(2,23-12-6-3-7-13-23)32-28(30)22-31-24-18-20-27(21-19-24)33(25-14-8-4-9-15-25)26-16-10-5-11-17-26/h4-5,8-11,14-21,23H,3,6-7,12-13,22H2,1-2H3/q+1. The normalized spacial score (nSPS) is 14.8. The van der Waals surface area contributed by atoms with Crippen molar-refractivity contribution in [2.75, 3.05) is 6.61 Å². The Labute approximate surface area is 200 Å². The van der Waals surface area contributed by atoms with E-state index < -0.39 is 5.60 Å². The Bertz CT molecular complexity index is 970. The van der Waals surface area contributed by atoms with Crippen LogP contribution in [0.15, 0.2) is 99.6 Å². The third-order valence-corrected chi connectivity index (χ3v) is 8.57. The summed E-state index contributed by atoms with van der Waals surface area (Å²) in [5, 5.41) is 0. The molecule has 0 aliphatic heterocycles. The van der Waals surface area contributed by atoms with Gasteiger partial charge in [0.1, 0.15) is 11.4 Å². The van der Waals surface area contributed by atoms with Crippen LogP contribution in [0.1, 0.15) is 46.0 Å². The van der Waals surface area contributed by atoms with Gasteiger partial charge in [-0.3, -0.25) is 0 Å². The first-order valence-corrected chi connectivity index (χ1v) is 13.0. The van der Waals surface area contributed by atoms with Crippen molar-refractivity contribution in [1.29, 1.82) is 0 Å². The summed E-state index contributed by atoms with van der Waals surface area (Å²) < 4.78 is 11.6. The summed E-state index contributed by atoms with van der Waals surface area (Å²) in [6, 6.07) is 29.2. The van der Waals surface area contributed by atoms with Crippen molar-refractivity contribution in [1.82, 2.24) is 0 Å². The molecule has 0 aromatic heterocycles. The molecule has 0 radical (unpaired) electrons. The van der Waals surface area contributed by atoms with Crippen LogP contribution in [0.2, 0.25) is 0 Å². The lowest BCUT2D eigenvalue weighted by atomic mass is 9.79. The van der Waals surface area contributed by atoms with Crippen LogP contribution in [0.3, 0.4) is 0 Å². The summed E-state index contributed by atoms with van der Waals surface area (Å²) >= 11 is 0. The van der Waals surface area contributed by atoms with E-state index in [9.17, 15) is 4.79 Å². The molecular formula is C29H33O3S+. The molecule has 0 atom stereocenters. The Kier molecular flexibility index (Phi) is 7.77. The van der Waals surface area contributed by atoms with Gasteiger partial charge in [0.2, 0.25) is 0 Å². The van der Waals surface area contributed by atoms with E-state index in [2.05, 4.69) is 60.7 Å². The summed E-state index contributed by atoms with van der Waals surface area (Å²) in [6.45, 7) is 3.99. The Balaban J connectivity index is 1.40. The number of ether oxygens (including phenoxy) is 2. The molecule has 3 nitrogen and oxygen atoms in total. The maximum absolute atomic E-state index is 12.5. The predicted octanol–water partition coefficient (Wildman–Crippen LogP) is 7.06. The molecule has 0 spiro atoms. The monoisotopic (exact) mass is 461 g/mol. The van der Waals surface area contributed by atoms with Gasteiger partial charge in [0.05, 0.1) is 10.9 Å². The molecule has 1 saturated carbocycles. The molecule has 0 heterocycles. The molecule has 1 fully saturated rings. The molecule has 0 bridgehead atoms. The van der Waals surface area contributed by atoms with E-state index in [0.717, 1.165) is 12.8 Å². The van der Waals surface area contributed by atoms with Crippen LogP contribution < -0.4 is 4.74 Å². The summed E-state index contributed by atoms with van der Waals surface area (Å²) in [5.74, 6) is 0.808. The molecule has 172 valence electrons. The molecule has 1 aliphatic carbocycles. The number of carbonyl (C=O) groups is 1. The fraction of sp³-hybridized carbons (Fsp3) is 0.345. The van der Waals surface area contributed by atoms with Crippen molar-refractivity contribution >= 4 is 16.9 Å². The van der Waals surface area contributed by atoms with E-state index in [1.807, 2.05) is 38.1 Å². The van der Waals surface area contributed by atoms with E-state index in [4.69, 9.17) is 9.47 Å². The second-order valence-corrected chi connectivity index (χ2v) is 11.1. The van der Waals surface area contributed by atoms with Gasteiger partial charge in [0, 0.05) is 0 Å². The van der Waals surface area contributed by atoms with Gasteiger partial charge in [0.15, 0.2) is 21.3 Å². The summed E-state index contributed by atoms with van der Waals surface area (Å²) in [5.41, 5.74) is -0.440. The van der Waals surface area contributed by atoms with Gasteiger partial charge in [-0.1, -0.05) is 55.7 Å². The summed E-state index contributed by atoms with van der Waals surface area (Å²) in [4.78, 5) is 16.2. The maximum Gasteiger partial charge on any atom is 0.344 e. The molecule has 0 unspecified atom stereocenters. The van der Waals surface area contributed by atoms with Gasteiger partial charge in [-0.15, -0.1) is 0 Å². The highest BCUT2D eigenvalue weighted by molar-refractivity contribution is 7.97. The molecule has 3 aromatic rings. The van der Waals surface area contributed by atoms with Gasteiger partial charge in [-0.05, 0) is 81.1 Å². The second kappa shape index (κ2) is 10.9. The lowest BCUT2D eigenvalue weighted by Gasteiger charge is -2.36. The molecule has 0 amide bonds. The predicted molar refractivity (Wildman–Crippen MR) is 134 cm³/mol. The maximum atomic E-state index is 12.5. The van der Waals surface area contributed by atoms with Crippen LogP contribution in [0.5, 0.6) is 5.75 Å². The Morgan fingerprint density at radius 1 is 0.788 bits per heavy atom. The topological polar surface area (TPSA) is 35.5 Å². The third kappa shape index (κ3) is 6.20. The van der Waals surface area contributed by atoms with Crippen LogP contribution in [-0.4, -0.2) is 18.2 Å². The van der Waals surface area contributed by atoms with E-state index in [1.165, 1.54) is 33.9 Å². The third-order valence-electron chi connectivity index (χ3n) is 6.34. The van der Waals surface area contributed by atoms with Gasteiger partial charge < -0.3 is 9.47 Å². The van der Waals surface area contributed by atoms with Crippen molar-refractivity contribution < 1.29 is 14.3 Å². The molecule has 4 rings (SSSR count). The quantitative estimate of drug-likeness (QED) is 0.266. The van der Waals surface area contributed by atoms with Gasteiger partial charge in [-0.25, -0.2) is 4.79 Å². The van der Waals surface area contributed by atoms with Gasteiger partial charge in [-0.2, -0.15) is 0 Å². The smallest absolute Gasteiger partial charge is 0.344 e. The molecular weight excluding hydrogens is 428 g/mol. The summed E-state index contributed by atoms with van der Waals surface area (Å²) in [7, 11) is -0.199. The lowest BCUT2D eigenvalue weighted by Crippen LogP contribution is -2.39. The Hall–Kier alpha value is -2.72. The highest BCUT2D eigenvalue weighted by atomic mass is 32.2.